The fourth-order valence-electron chi connectivity index (χ4n) is 2.64. The maximum atomic E-state index is 12.0. The molecule has 1 heterocycles. The molecule has 8 heteroatoms. The molecule has 0 radical (unpaired) electrons. The summed E-state index contributed by atoms with van der Waals surface area (Å²) in [5.74, 6) is 0.591. The third kappa shape index (κ3) is 8.55. The molecule has 2 N–H and O–H groups in total. The average molecular weight is 482 g/mol. The van der Waals surface area contributed by atoms with Gasteiger partial charge in [0.05, 0.1) is 19.1 Å². The summed E-state index contributed by atoms with van der Waals surface area (Å²) in [5, 5.41) is 6.17. The van der Waals surface area contributed by atoms with E-state index >= 15 is 0 Å². The molecule has 0 saturated carbocycles. The van der Waals surface area contributed by atoms with E-state index in [2.05, 4.69) is 20.5 Å². The minimum Gasteiger partial charge on any atom is -0.466 e. The van der Waals surface area contributed by atoms with Gasteiger partial charge in [0.15, 0.2) is 5.96 Å². The number of carbonyl (C=O) groups excluding carboxylic acids is 2. The van der Waals surface area contributed by atoms with Crippen molar-refractivity contribution in [2.75, 3.05) is 39.3 Å². The number of ether oxygens (including phenoxy) is 1. The van der Waals surface area contributed by atoms with E-state index in [0.29, 0.717) is 26.2 Å². The molecule has 0 bridgehead atoms. The number of carbonyl (C=O) groups is 2. The van der Waals surface area contributed by atoms with Crippen molar-refractivity contribution in [2.45, 2.75) is 47.5 Å². The quantitative estimate of drug-likeness (QED) is 0.199. The van der Waals surface area contributed by atoms with Crippen LogP contribution in [-0.4, -0.2) is 62.1 Å². The lowest BCUT2D eigenvalue weighted by Gasteiger charge is -2.34. The first kappa shape index (κ1) is 24.9. The zero-order valence-electron chi connectivity index (χ0n) is 16.8. The van der Waals surface area contributed by atoms with Crippen molar-refractivity contribution >= 4 is 41.8 Å². The number of aliphatic imine (C=N–C) groups is 1. The van der Waals surface area contributed by atoms with E-state index in [1.165, 1.54) is 0 Å². The molecule has 7 nitrogen and oxygen atoms in total. The van der Waals surface area contributed by atoms with Crippen LogP contribution >= 0.6 is 24.0 Å². The van der Waals surface area contributed by atoms with Gasteiger partial charge >= 0.3 is 5.97 Å². The van der Waals surface area contributed by atoms with Crippen LogP contribution in [0.3, 0.4) is 0 Å². The molecule has 0 aliphatic carbocycles. The van der Waals surface area contributed by atoms with Gasteiger partial charge in [0, 0.05) is 31.6 Å². The first-order valence-electron chi connectivity index (χ1n) is 9.27. The van der Waals surface area contributed by atoms with Crippen molar-refractivity contribution in [2.24, 2.45) is 16.3 Å². The fourth-order valence-corrected chi connectivity index (χ4v) is 2.64. The molecular formula is C18H35IN4O3. The Hall–Kier alpha value is -1.06. The number of rotatable bonds is 6. The van der Waals surface area contributed by atoms with Gasteiger partial charge in [-0.25, -0.2) is 0 Å². The summed E-state index contributed by atoms with van der Waals surface area (Å²) in [6, 6.07) is 0. The van der Waals surface area contributed by atoms with E-state index in [9.17, 15) is 9.59 Å². The molecule has 1 atom stereocenters. The predicted octanol–water partition coefficient (Wildman–Crippen LogP) is 2.01. The van der Waals surface area contributed by atoms with Gasteiger partial charge in [-0.2, -0.15) is 0 Å². The third-order valence-electron chi connectivity index (χ3n) is 4.02. The van der Waals surface area contributed by atoms with Crippen LogP contribution in [0.15, 0.2) is 4.99 Å². The SMILES string of the molecule is CCNC(=NCCNC(=O)C(C)(C)C)N1CCCC(C(=O)OCC)C1.I. The van der Waals surface area contributed by atoms with E-state index < -0.39 is 5.41 Å². The van der Waals surface area contributed by atoms with Gasteiger partial charge in [-0.15, -0.1) is 24.0 Å². The standard InChI is InChI=1S/C18H34N4O3.HI/c1-6-19-17(21-11-10-20-16(24)18(3,4)5)22-12-8-9-14(13-22)15(23)25-7-2;/h14H,6-13H2,1-5H3,(H,19,21)(H,20,24);1H. The fraction of sp³-hybridized carbons (Fsp3) is 0.833. The summed E-state index contributed by atoms with van der Waals surface area (Å²) < 4.78 is 5.15. The molecule has 1 saturated heterocycles. The monoisotopic (exact) mass is 482 g/mol. The largest absolute Gasteiger partial charge is 0.466 e. The topological polar surface area (TPSA) is 83.0 Å². The van der Waals surface area contributed by atoms with E-state index in [1.807, 2.05) is 34.6 Å². The van der Waals surface area contributed by atoms with E-state index in [4.69, 9.17) is 4.74 Å². The Bertz CT molecular complexity index is 478. The lowest BCUT2D eigenvalue weighted by atomic mass is 9.96. The normalized spacial score (nSPS) is 18.0. The van der Waals surface area contributed by atoms with Crippen molar-refractivity contribution in [1.82, 2.24) is 15.5 Å². The number of nitrogens with zero attached hydrogens (tertiary/aromatic N) is 2. The lowest BCUT2D eigenvalue weighted by Crippen LogP contribution is -2.48. The molecule has 1 fully saturated rings. The van der Waals surface area contributed by atoms with Gasteiger partial charge < -0.3 is 20.3 Å². The highest BCUT2D eigenvalue weighted by Crippen LogP contribution is 2.18. The molecule has 1 aliphatic rings. The number of likely N-dealkylation sites (tertiary alicyclic amines) is 1. The minimum atomic E-state index is -0.395. The second kappa shape index (κ2) is 12.3. The van der Waals surface area contributed by atoms with Gasteiger partial charge in [-0.05, 0) is 26.7 Å². The number of amides is 1. The molecule has 0 aromatic heterocycles. The second-order valence-corrected chi connectivity index (χ2v) is 7.28. The Morgan fingerprint density at radius 3 is 2.50 bits per heavy atom. The van der Waals surface area contributed by atoms with Crippen LogP contribution in [0.25, 0.3) is 0 Å². The van der Waals surface area contributed by atoms with Crippen molar-refractivity contribution in [3.8, 4) is 0 Å². The van der Waals surface area contributed by atoms with E-state index in [1.54, 1.807) is 0 Å². The maximum absolute atomic E-state index is 12.0. The summed E-state index contributed by atoms with van der Waals surface area (Å²) in [7, 11) is 0. The average Bonchev–Trinajstić information content (AvgIpc) is 2.57. The van der Waals surface area contributed by atoms with Crippen LogP contribution in [0.4, 0.5) is 0 Å². The lowest BCUT2D eigenvalue weighted by molar-refractivity contribution is -0.149. The van der Waals surface area contributed by atoms with Crippen molar-refractivity contribution in [3.05, 3.63) is 0 Å². The summed E-state index contributed by atoms with van der Waals surface area (Å²) in [4.78, 5) is 30.6. The molecule has 26 heavy (non-hydrogen) atoms. The summed E-state index contributed by atoms with van der Waals surface area (Å²) >= 11 is 0. The van der Waals surface area contributed by atoms with Crippen LogP contribution in [0, 0.1) is 11.3 Å². The molecule has 152 valence electrons. The highest BCUT2D eigenvalue weighted by molar-refractivity contribution is 14.0. The Balaban J connectivity index is 0.00000625. The number of halogens is 1. The number of esters is 1. The molecule has 1 unspecified atom stereocenters. The summed E-state index contributed by atoms with van der Waals surface area (Å²) in [6.07, 6.45) is 1.80. The Kier molecular flexibility index (Phi) is 11.8. The van der Waals surface area contributed by atoms with E-state index in [0.717, 1.165) is 31.9 Å². The Morgan fingerprint density at radius 2 is 1.92 bits per heavy atom. The van der Waals surface area contributed by atoms with Gasteiger partial charge in [-0.1, -0.05) is 20.8 Å². The van der Waals surface area contributed by atoms with Crippen molar-refractivity contribution < 1.29 is 14.3 Å². The molecule has 1 rings (SSSR count). The molecular weight excluding hydrogens is 447 g/mol. The summed E-state index contributed by atoms with van der Waals surface area (Å²) in [6.45, 7) is 13.2. The molecule has 0 spiro atoms. The predicted molar refractivity (Wildman–Crippen MR) is 115 cm³/mol. The zero-order chi connectivity index (χ0) is 18.9. The van der Waals surface area contributed by atoms with Crippen LogP contribution < -0.4 is 10.6 Å². The smallest absolute Gasteiger partial charge is 0.310 e. The van der Waals surface area contributed by atoms with Gasteiger partial charge in [0.25, 0.3) is 0 Å². The molecule has 1 amide bonds. The molecule has 0 aromatic rings. The first-order valence-corrected chi connectivity index (χ1v) is 9.27. The number of nitrogens with one attached hydrogen (secondary N) is 2. The van der Waals surface area contributed by atoms with Crippen LogP contribution in [0.5, 0.6) is 0 Å². The Labute approximate surface area is 174 Å². The second-order valence-electron chi connectivity index (χ2n) is 7.28. The van der Waals surface area contributed by atoms with E-state index in [-0.39, 0.29) is 41.8 Å². The van der Waals surface area contributed by atoms with Gasteiger partial charge in [0.2, 0.25) is 5.91 Å². The van der Waals surface area contributed by atoms with Crippen molar-refractivity contribution in [3.63, 3.8) is 0 Å². The highest BCUT2D eigenvalue weighted by atomic mass is 127. The first-order chi connectivity index (χ1) is 11.8. The maximum Gasteiger partial charge on any atom is 0.310 e. The molecule has 1 aliphatic heterocycles. The van der Waals surface area contributed by atoms with Gasteiger partial charge in [0.1, 0.15) is 0 Å². The minimum absolute atomic E-state index is 0. The number of guanidine groups is 1. The Morgan fingerprint density at radius 1 is 1.23 bits per heavy atom. The van der Waals surface area contributed by atoms with Crippen LogP contribution in [0.2, 0.25) is 0 Å². The number of hydrogen-bond acceptors (Lipinski definition) is 4. The zero-order valence-corrected chi connectivity index (χ0v) is 19.1. The van der Waals surface area contributed by atoms with Crippen molar-refractivity contribution in [1.29, 1.82) is 0 Å². The van der Waals surface area contributed by atoms with Gasteiger partial charge in [-0.3, -0.25) is 14.6 Å². The van der Waals surface area contributed by atoms with Crippen LogP contribution in [0.1, 0.15) is 47.5 Å². The summed E-state index contributed by atoms with van der Waals surface area (Å²) in [5.41, 5.74) is -0.395. The van der Waals surface area contributed by atoms with Crippen LogP contribution in [-0.2, 0) is 14.3 Å². The number of piperidine rings is 1. The molecule has 0 aromatic carbocycles. The number of hydrogen-bond donors (Lipinski definition) is 2. The third-order valence-corrected chi connectivity index (χ3v) is 4.02. The highest BCUT2D eigenvalue weighted by Gasteiger charge is 2.28.